The molecule has 47 heavy (non-hydrogen) atoms. The van der Waals surface area contributed by atoms with Crippen molar-refractivity contribution in [2.45, 2.75) is 26.9 Å². The quantitative estimate of drug-likeness (QED) is 0.208. The van der Waals surface area contributed by atoms with E-state index in [1.54, 1.807) is 0 Å². The van der Waals surface area contributed by atoms with Crippen molar-refractivity contribution in [3.8, 4) is 5.69 Å². The van der Waals surface area contributed by atoms with Crippen LogP contribution in [-0.4, -0.2) is 9.13 Å². The summed E-state index contributed by atoms with van der Waals surface area (Å²) in [5.41, 5.74) is 21.9. The second-order valence-electron chi connectivity index (χ2n) is 13.1. The Labute approximate surface area is 274 Å². The van der Waals surface area contributed by atoms with Gasteiger partial charge in [0.25, 0.3) is 0 Å². The number of fused-ring (bicyclic) bond motifs is 8. The summed E-state index contributed by atoms with van der Waals surface area (Å²) in [6.45, 7) is 4.91. The number of rotatable bonds is 4. The standard InChI is InChI=1S/C26H24N2.C17H14N2/c1-26(2)16-19(23(27)17-26)15-18-9-8-13-22-21-12-6-7-14-24(21)28(25(18)22)20-10-4-3-5-11-20;18-11-19-15-8-4-3-7-14(15)17-13-6-2-1-5-12(13)9-10-16(17)19/h3-14,16-17H,15,27H2,1-2H3;1-10H,11,18H2. The van der Waals surface area contributed by atoms with Gasteiger partial charge in [0.05, 0.1) is 28.7 Å². The molecule has 8 aromatic rings. The predicted octanol–water partition coefficient (Wildman–Crippen LogP) is 10.00. The van der Waals surface area contributed by atoms with E-state index >= 15 is 0 Å². The molecule has 1 aliphatic rings. The average Bonchev–Trinajstić information content (AvgIpc) is 3.71. The molecule has 0 radical (unpaired) electrons. The summed E-state index contributed by atoms with van der Waals surface area (Å²) in [4.78, 5) is 0. The largest absolute Gasteiger partial charge is 0.399 e. The van der Waals surface area contributed by atoms with Gasteiger partial charge >= 0.3 is 0 Å². The highest BCUT2D eigenvalue weighted by molar-refractivity contribution is 6.20. The van der Waals surface area contributed by atoms with Gasteiger partial charge in [-0.2, -0.15) is 0 Å². The summed E-state index contributed by atoms with van der Waals surface area (Å²) in [6, 6.07) is 47.2. The number of benzene rings is 6. The van der Waals surface area contributed by atoms with Crippen LogP contribution in [0.5, 0.6) is 0 Å². The number of nitrogens with zero attached hydrogens (tertiary/aromatic N) is 2. The van der Waals surface area contributed by atoms with E-state index in [0.29, 0.717) is 6.67 Å². The molecule has 0 fully saturated rings. The first kappa shape index (κ1) is 28.9. The highest BCUT2D eigenvalue weighted by atomic mass is 15.0. The minimum absolute atomic E-state index is 0.0272. The van der Waals surface area contributed by atoms with E-state index in [1.165, 1.54) is 71.2 Å². The molecule has 4 nitrogen and oxygen atoms in total. The van der Waals surface area contributed by atoms with Gasteiger partial charge in [0.1, 0.15) is 0 Å². The van der Waals surface area contributed by atoms with Gasteiger partial charge in [-0.05, 0) is 52.2 Å². The fourth-order valence-corrected chi connectivity index (χ4v) is 7.52. The zero-order valence-electron chi connectivity index (χ0n) is 26.8. The monoisotopic (exact) mass is 610 g/mol. The molecular weight excluding hydrogens is 573 g/mol. The van der Waals surface area contributed by atoms with Gasteiger partial charge in [-0.15, -0.1) is 0 Å². The smallest absolute Gasteiger partial charge is 0.0707 e. The van der Waals surface area contributed by atoms with Crippen molar-refractivity contribution in [1.29, 1.82) is 0 Å². The summed E-state index contributed by atoms with van der Waals surface area (Å²) in [5, 5.41) is 7.72. The van der Waals surface area contributed by atoms with E-state index in [2.05, 4.69) is 169 Å². The molecule has 0 amide bonds. The van der Waals surface area contributed by atoms with Gasteiger partial charge in [0.15, 0.2) is 0 Å². The van der Waals surface area contributed by atoms with Crippen LogP contribution in [0, 0.1) is 5.41 Å². The van der Waals surface area contributed by atoms with Crippen LogP contribution in [0.1, 0.15) is 19.4 Å². The molecule has 2 heterocycles. The van der Waals surface area contributed by atoms with Crippen molar-refractivity contribution in [3.63, 3.8) is 0 Å². The first-order valence-corrected chi connectivity index (χ1v) is 16.3. The third kappa shape index (κ3) is 4.89. The third-order valence-corrected chi connectivity index (χ3v) is 9.46. The van der Waals surface area contributed by atoms with Gasteiger partial charge in [-0.25, -0.2) is 0 Å². The number of nitrogens with two attached hydrogens (primary N) is 2. The minimum Gasteiger partial charge on any atom is -0.399 e. The zero-order chi connectivity index (χ0) is 32.1. The van der Waals surface area contributed by atoms with Gasteiger partial charge < -0.3 is 20.6 Å². The molecule has 4 heteroatoms. The number of hydrogen-bond donors (Lipinski definition) is 2. The summed E-state index contributed by atoms with van der Waals surface area (Å²) in [5.74, 6) is 0. The van der Waals surface area contributed by atoms with Gasteiger partial charge in [0, 0.05) is 44.8 Å². The number of hydrogen-bond acceptors (Lipinski definition) is 2. The fraction of sp³-hybridized carbons (Fsp3) is 0.116. The maximum absolute atomic E-state index is 6.36. The Morgan fingerprint density at radius 1 is 0.574 bits per heavy atom. The number of para-hydroxylation sites is 4. The van der Waals surface area contributed by atoms with Crippen LogP contribution in [0.4, 0.5) is 0 Å². The molecule has 9 rings (SSSR count). The van der Waals surface area contributed by atoms with Crippen LogP contribution in [0.15, 0.2) is 157 Å². The number of aromatic nitrogens is 2. The lowest BCUT2D eigenvalue weighted by atomic mass is 9.95. The molecule has 0 spiro atoms. The second-order valence-corrected chi connectivity index (χ2v) is 13.1. The topological polar surface area (TPSA) is 61.9 Å². The lowest BCUT2D eigenvalue weighted by Crippen LogP contribution is -2.05. The lowest BCUT2D eigenvalue weighted by Gasteiger charge is -2.12. The summed E-state index contributed by atoms with van der Waals surface area (Å²) >= 11 is 0. The summed E-state index contributed by atoms with van der Waals surface area (Å²) in [6.07, 6.45) is 5.30. The van der Waals surface area contributed by atoms with Crippen LogP contribution in [0.2, 0.25) is 0 Å². The molecule has 0 bridgehead atoms. The predicted molar refractivity (Wildman–Crippen MR) is 200 cm³/mol. The van der Waals surface area contributed by atoms with Gasteiger partial charge in [0.2, 0.25) is 0 Å². The maximum Gasteiger partial charge on any atom is 0.0707 e. The van der Waals surface area contributed by atoms with E-state index in [1.807, 2.05) is 0 Å². The molecule has 6 aromatic carbocycles. The second kappa shape index (κ2) is 11.3. The highest BCUT2D eigenvalue weighted by Crippen LogP contribution is 2.38. The molecule has 0 saturated carbocycles. The van der Waals surface area contributed by atoms with Crippen molar-refractivity contribution < 1.29 is 0 Å². The van der Waals surface area contributed by atoms with Crippen LogP contribution in [0.25, 0.3) is 60.1 Å². The minimum atomic E-state index is 0.0272. The van der Waals surface area contributed by atoms with Crippen molar-refractivity contribution in [1.82, 2.24) is 9.13 Å². The first-order valence-electron chi connectivity index (χ1n) is 16.3. The summed E-state index contributed by atoms with van der Waals surface area (Å²) in [7, 11) is 0. The molecule has 2 aromatic heterocycles. The Balaban J connectivity index is 0.000000148. The Hall–Kier alpha value is -5.58. The first-order chi connectivity index (χ1) is 22.9. The third-order valence-electron chi connectivity index (χ3n) is 9.46. The Morgan fingerprint density at radius 2 is 1.23 bits per heavy atom. The Kier molecular flexibility index (Phi) is 6.96. The summed E-state index contributed by atoms with van der Waals surface area (Å²) < 4.78 is 4.57. The molecular formula is C43H38N4. The van der Waals surface area contributed by atoms with Crippen LogP contribution in [-0.2, 0) is 13.1 Å². The van der Waals surface area contributed by atoms with Gasteiger partial charge in [-0.1, -0.05) is 129 Å². The highest BCUT2D eigenvalue weighted by Gasteiger charge is 2.23. The van der Waals surface area contributed by atoms with Crippen molar-refractivity contribution in [3.05, 3.63) is 162 Å². The molecule has 0 aliphatic heterocycles. The van der Waals surface area contributed by atoms with Crippen LogP contribution < -0.4 is 11.5 Å². The maximum atomic E-state index is 6.36. The molecule has 0 saturated heterocycles. The Morgan fingerprint density at radius 3 is 1.98 bits per heavy atom. The van der Waals surface area contributed by atoms with Crippen LogP contribution >= 0.6 is 0 Å². The van der Waals surface area contributed by atoms with Crippen molar-refractivity contribution in [2.24, 2.45) is 16.9 Å². The Bertz CT molecular complexity index is 2510. The van der Waals surface area contributed by atoms with Gasteiger partial charge in [-0.3, -0.25) is 0 Å². The molecule has 230 valence electrons. The number of allylic oxidation sites excluding steroid dienone is 3. The normalized spacial score (nSPS) is 14.1. The van der Waals surface area contributed by atoms with Crippen molar-refractivity contribution in [2.75, 3.05) is 0 Å². The molecule has 0 unspecified atom stereocenters. The fourth-order valence-electron chi connectivity index (χ4n) is 7.52. The van der Waals surface area contributed by atoms with E-state index < -0.39 is 0 Å². The van der Waals surface area contributed by atoms with Crippen molar-refractivity contribution >= 4 is 54.4 Å². The van der Waals surface area contributed by atoms with Crippen LogP contribution in [0.3, 0.4) is 0 Å². The van der Waals surface area contributed by atoms with E-state index in [9.17, 15) is 0 Å². The average molecular weight is 611 g/mol. The van der Waals surface area contributed by atoms with E-state index in [-0.39, 0.29) is 5.41 Å². The molecule has 0 atom stereocenters. The zero-order valence-corrected chi connectivity index (χ0v) is 26.8. The molecule has 4 N–H and O–H groups in total. The van der Waals surface area contributed by atoms with E-state index in [4.69, 9.17) is 11.5 Å². The SMILES string of the molecule is CC1(C)C=C(N)C(Cc2cccc3c4ccccc4n(-c4ccccc4)c23)=C1.NCn1c2ccccc2c2c3ccccc3ccc21. The van der Waals surface area contributed by atoms with E-state index in [0.717, 1.165) is 12.1 Å². The molecule has 1 aliphatic carbocycles. The lowest BCUT2D eigenvalue weighted by molar-refractivity contribution is 0.632.